The number of amides is 1. The zero-order valence-electron chi connectivity index (χ0n) is 12.8. The first kappa shape index (κ1) is 14.3. The van der Waals surface area contributed by atoms with E-state index in [1.807, 2.05) is 0 Å². The minimum atomic E-state index is 0.368. The molecular weight excluding hydrogens is 250 g/mol. The summed E-state index contributed by atoms with van der Waals surface area (Å²) < 4.78 is 0. The van der Waals surface area contributed by atoms with Gasteiger partial charge in [0, 0.05) is 25.7 Å². The Hall–Kier alpha value is -0.610. The molecule has 4 heteroatoms. The fourth-order valence-electron chi connectivity index (χ4n) is 4.39. The van der Waals surface area contributed by atoms with E-state index in [2.05, 4.69) is 22.0 Å². The molecule has 20 heavy (non-hydrogen) atoms. The van der Waals surface area contributed by atoms with Crippen LogP contribution >= 0.6 is 0 Å². The van der Waals surface area contributed by atoms with Gasteiger partial charge in [-0.2, -0.15) is 0 Å². The Balaban J connectivity index is 1.52. The van der Waals surface area contributed by atoms with Gasteiger partial charge in [0.2, 0.25) is 5.91 Å². The van der Waals surface area contributed by atoms with Crippen LogP contribution in [-0.4, -0.2) is 61.0 Å². The molecule has 0 aromatic heterocycles. The Morgan fingerprint density at radius 3 is 2.40 bits per heavy atom. The lowest BCUT2D eigenvalue weighted by Gasteiger charge is -2.34. The third kappa shape index (κ3) is 3.01. The summed E-state index contributed by atoms with van der Waals surface area (Å²) in [5.74, 6) is 1.94. The fourth-order valence-corrected chi connectivity index (χ4v) is 4.39. The SMILES string of the molecule is CCN(C(=O)CN1CC2CNCC2C1)C1CCCCC1. The average molecular weight is 279 g/mol. The van der Waals surface area contributed by atoms with Crippen molar-refractivity contribution in [3.63, 3.8) is 0 Å². The van der Waals surface area contributed by atoms with Gasteiger partial charge in [-0.3, -0.25) is 9.69 Å². The molecule has 0 aromatic carbocycles. The van der Waals surface area contributed by atoms with Crippen LogP contribution < -0.4 is 5.32 Å². The largest absolute Gasteiger partial charge is 0.339 e. The van der Waals surface area contributed by atoms with E-state index in [-0.39, 0.29) is 0 Å². The molecule has 2 saturated heterocycles. The van der Waals surface area contributed by atoms with Crippen molar-refractivity contribution in [2.45, 2.75) is 45.1 Å². The molecule has 2 unspecified atom stereocenters. The highest BCUT2D eigenvalue weighted by molar-refractivity contribution is 5.78. The Morgan fingerprint density at radius 2 is 1.80 bits per heavy atom. The predicted octanol–water partition coefficient (Wildman–Crippen LogP) is 1.32. The third-order valence-corrected chi connectivity index (χ3v) is 5.50. The minimum Gasteiger partial charge on any atom is -0.339 e. The van der Waals surface area contributed by atoms with E-state index in [0.717, 1.165) is 44.6 Å². The van der Waals surface area contributed by atoms with Crippen LogP contribution in [0.3, 0.4) is 0 Å². The van der Waals surface area contributed by atoms with Crippen LogP contribution in [0.5, 0.6) is 0 Å². The van der Waals surface area contributed by atoms with Crippen molar-refractivity contribution in [3.8, 4) is 0 Å². The van der Waals surface area contributed by atoms with E-state index in [4.69, 9.17) is 0 Å². The molecule has 1 saturated carbocycles. The number of hydrogen-bond donors (Lipinski definition) is 1. The van der Waals surface area contributed by atoms with E-state index >= 15 is 0 Å². The molecule has 2 atom stereocenters. The van der Waals surface area contributed by atoms with Crippen LogP contribution in [0.4, 0.5) is 0 Å². The number of likely N-dealkylation sites (N-methyl/N-ethyl adjacent to an activating group) is 1. The number of rotatable bonds is 4. The predicted molar refractivity (Wildman–Crippen MR) is 80.5 cm³/mol. The molecular formula is C16H29N3O. The first-order valence-corrected chi connectivity index (χ1v) is 8.50. The van der Waals surface area contributed by atoms with Crippen molar-refractivity contribution in [1.82, 2.24) is 15.1 Å². The summed E-state index contributed by atoms with van der Waals surface area (Å²) in [4.78, 5) is 17.2. The first-order valence-electron chi connectivity index (χ1n) is 8.50. The van der Waals surface area contributed by atoms with Crippen LogP contribution in [0, 0.1) is 11.8 Å². The number of nitrogens with one attached hydrogen (secondary N) is 1. The maximum Gasteiger partial charge on any atom is 0.236 e. The van der Waals surface area contributed by atoms with Crippen molar-refractivity contribution in [1.29, 1.82) is 0 Å². The molecule has 0 radical (unpaired) electrons. The van der Waals surface area contributed by atoms with E-state index in [0.29, 0.717) is 18.5 Å². The van der Waals surface area contributed by atoms with Gasteiger partial charge >= 0.3 is 0 Å². The van der Waals surface area contributed by atoms with E-state index < -0.39 is 0 Å². The van der Waals surface area contributed by atoms with Crippen molar-refractivity contribution < 1.29 is 4.79 Å². The molecule has 1 amide bonds. The fraction of sp³-hybridized carbons (Fsp3) is 0.938. The van der Waals surface area contributed by atoms with Gasteiger partial charge in [0.15, 0.2) is 0 Å². The highest BCUT2D eigenvalue weighted by Gasteiger charge is 2.37. The molecule has 114 valence electrons. The highest BCUT2D eigenvalue weighted by Crippen LogP contribution is 2.27. The van der Waals surface area contributed by atoms with Gasteiger partial charge in [-0.25, -0.2) is 0 Å². The molecule has 3 aliphatic rings. The van der Waals surface area contributed by atoms with Crippen LogP contribution in [0.2, 0.25) is 0 Å². The van der Waals surface area contributed by atoms with Gasteiger partial charge in [-0.15, -0.1) is 0 Å². The Kier molecular flexibility index (Phi) is 4.61. The standard InChI is InChI=1S/C16H29N3O/c1-2-19(15-6-4-3-5-7-15)16(20)12-18-10-13-8-17-9-14(13)11-18/h13-15,17H,2-12H2,1H3. The number of carbonyl (C=O) groups excluding carboxylic acids is 1. The van der Waals surface area contributed by atoms with Crippen LogP contribution in [0.1, 0.15) is 39.0 Å². The van der Waals surface area contributed by atoms with Crippen molar-refractivity contribution >= 4 is 5.91 Å². The monoisotopic (exact) mass is 279 g/mol. The number of hydrogen-bond acceptors (Lipinski definition) is 3. The summed E-state index contributed by atoms with van der Waals surface area (Å²) in [6.45, 7) is 8.19. The number of likely N-dealkylation sites (tertiary alicyclic amines) is 1. The summed E-state index contributed by atoms with van der Waals surface area (Å²) in [5, 5.41) is 3.46. The Bertz CT molecular complexity index is 329. The van der Waals surface area contributed by atoms with Crippen molar-refractivity contribution in [3.05, 3.63) is 0 Å². The van der Waals surface area contributed by atoms with Crippen LogP contribution in [-0.2, 0) is 4.79 Å². The quantitative estimate of drug-likeness (QED) is 0.843. The van der Waals surface area contributed by atoms with Crippen molar-refractivity contribution in [2.24, 2.45) is 11.8 Å². The van der Waals surface area contributed by atoms with Crippen LogP contribution in [0.15, 0.2) is 0 Å². The maximum atomic E-state index is 12.6. The zero-order valence-corrected chi connectivity index (χ0v) is 12.8. The number of nitrogens with zero attached hydrogens (tertiary/aromatic N) is 2. The van der Waals surface area contributed by atoms with Gasteiger partial charge < -0.3 is 10.2 Å². The first-order chi connectivity index (χ1) is 9.78. The van der Waals surface area contributed by atoms with Gasteiger partial charge in [-0.1, -0.05) is 19.3 Å². The number of carbonyl (C=O) groups is 1. The van der Waals surface area contributed by atoms with Gasteiger partial charge in [0.25, 0.3) is 0 Å². The molecule has 3 rings (SSSR count). The van der Waals surface area contributed by atoms with Gasteiger partial charge in [-0.05, 0) is 44.7 Å². The summed E-state index contributed by atoms with van der Waals surface area (Å²) in [7, 11) is 0. The summed E-state index contributed by atoms with van der Waals surface area (Å²) in [6, 6.07) is 0.519. The zero-order chi connectivity index (χ0) is 13.9. The molecule has 0 aromatic rings. The van der Waals surface area contributed by atoms with E-state index in [1.54, 1.807) is 0 Å². The second-order valence-corrected chi connectivity index (χ2v) is 6.84. The third-order valence-electron chi connectivity index (χ3n) is 5.50. The van der Waals surface area contributed by atoms with E-state index in [9.17, 15) is 4.79 Å². The molecule has 2 aliphatic heterocycles. The second kappa shape index (κ2) is 6.44. The Morgan fingerprint density at radius 1 is 1.15 bits per heavy atom. The topological polar surface area (TPSA) is 35.6 Å². The normalized spacial score (nSPS) is 31.4. The highest BCUT2D eigenvalue weighted by atomic mass is 16.2. The average Bonchev–Trinajstić information content (AvgIpc) is 3.01. The number of fused-ring (bicyclic) bond motifs is 1. The lowest BCUT2D eigenvalue weighted by atomic mass is 9.94. The molecule has 0 bridgehead atoms. The Labute approximate surface area is 122 Å². The summed E-state index contributed by atoms with van der Waals surface area (Å²) in [6.07, 6.45) is 6.39. The van der Waals surface area contributed by atoms with Gasteiger partial charge in [0.1, 0.15) is 0 Å². The molecule has 2 heterocycles. The lowest BCUT2D eigenvalue weighted by Crippen LogP contribution is -2.46. The molecule has 3 fully saturated rings. The lowest BCUT2D eigenvalue weighted by molar-refractivity contribution is -0.135. The maximum absolute atomic E-state index is 12.6. The smallest absolute Gasteiger partial charge is 0.236 e. The molecule has 0 spiro atoms. The minimum absolute atomic E-state index is 0.368. The summed E-state index contributed by atoms with van der Waals surface area (Å²) >= 11 is 0. The summed E-state index contributed by atoms with van der Waals surface area (Å²) in [5.41, 5.74) is 0. The second-order valence-electron chi connectivity index (χ2n) is 6.84. The molecule has 1 N–H and O–H groups in total. The van der Waals surface area contributed by atoms with E-state index in [1.165, 1.54) is 32.1 Å². The molecule has 1 aliphatic carbocycles. The van der Waals surface area contributed by atoms with Crippen LogP contribution in [0.25, 0.3) is 0 Å². The van der Waals surface area contributed by atoms with Gasteiger partial charge in [0.05, 0.1) is 6.54 Å². The molecule has 4 nitrogen and oxygen atoms in total. The van der Waals surface area contributed by atoms with Crippen molar-refractivity contribution in [2.75, 3.05) is 39.3 Å².